The molecule has 0 unspecified atom stereocenters. The van der Waals surface area contributed by atoms with Gasteiger partial charge in [-0.25, -0.2) is 4.79 Å². The fraction of sp³-hybridized carbons (Fsp3) is 0.200. The zero-order chi connectivity index (χ0) is 17.6. The van der Waals surface area contributed by atoms with Gasteiger partial charge in [-0.05, 0) is 25.1 Å². The number of carbonyl (C=O) groups is 2. The maximum atomic E-state index is 12.7. The molecule has 5 nitrogen and oxygen atoms in total. The Morgan fingerprint density at radius 1 is 1.08 bits per heavy atom. The van der Waals surface area contributed by atoms with Crippen molar-refractivity contribution in [3.8, 4) is 5.75 Å². The predicted molar refractivity (Wildman–Crippen MR) is 95.3 cm³/mol. The molecule has 2 aromatic rings. The third-order valence-corrected chi connectivity index (χ3v) is 3.84. The van der Waals surface area contributed by atoms with Crippen LogP contribution in [0.25, 0.3) is 5.57 Å². The summed E-state index contributed by atoms with van der Waals surface area (Å²) in [7, 11) is 0. The van der Waals surface area contributed by atoms with Crippen molar-refractivity contribution < 1.29 is 19.1 Å². The number of anilines is 1. The van der Waals surface area contributed by atoms with Gasteiger partial charge in [0.1, 0.15) is 12.4 Å². The summed E-state index contributed by atoms with van der Waals surface area (Å²) in [5.74, 6) is 0.0265. The second-order valence-corrected chi connectivity index (χ2v) is 5.45. The SMILES string of the molecule is CCOC(=O)C=C1C(=O)N(CCOc2ccccc2)c2ccccc21. The second-order valence-electron chi connectivity index (χ2n) is 5.45. The second kappa shape index (κ2) is 7.66. The van der Waals surface area contributed by atoms with Crippen LogP contribution in [-0.4, -0.2) is 31.6 Å². The third-order valence-electron chi connectivity index (χ3n) is 3.84. The molecule has 1 heterocycles. The predicted octanol–water partition coefficient (Wildman–Crippen LogP) is 3.06. The molecule has 0 bridgehead atoms. The largest absolute Gasteiger partial charge is 0.492 e. The van der Waals surface area contributed by atoms with Crippen molar-refractivity contribution in [2.24, 2.45) is 0 Å². The van der Waals surface area contributed by atoms with E-state index in [2.05, 4.69) is 0 Å². The molecule has 25 heavy (non-hydrogen) atoms. The van der Waals surface area contributed by atoms with Crippen LogP contribution in [0.4, 0.5) is 5.69 Å². The van der Waals surface area contributed by atoms with Crippen LogP contribution in [0.3, 0.4) is 0 Å². The monoisotopic (exact) mass is 337 g/mol. The van der Waals surface area contributed by atoms with E-state index in [9.17, 15) is 9.59 Å². The third kappa shape index (κ3) is 3.71. The number of carbonyl (C=O) groups excluding carboxylic acids is 2. The van der Waals surface area contributed by atoms with Crippen LogP contribution in [0.15, 0.2) is 60.7 Å². The molecule has 0 saturated heterocycles. The maximum Gasteiger partial charge on any atom is 0.331 e. The lowest BCUT2D eigenvalue weighted by atomic mass is 10.1. The van der Waals surface area contributed by atoms with Crippen molar-refractivity contribution in [1.82, 2.24) is 0 Å². The molecular formula is C20H19NO4. The highest BCUT2D eigenvalue weighted by atomic mass is 16.5. The van der Waals surface area contributed by atoms with E-state index in [1.807, 2.05) is 54.6 Å². The minimum Gasteiger partial charge on any atom is -0.492 e. The van der Waals surface area contributed by atoms with Gasteiger partial charge in [-0.3, -0.25) is 4.79 Å². The number of esters is 1. The molecule has 1 aliphatic heterocycles. The molecule has 3 rings (SSSR count). The Morgan fingerprint density at radius 2 is 1.80 bits per heavy atom. The van der Waals surface area contributed by atoms with E-state index in [1.54, 1.807) is 11.8 Å². The van der Waals surface area contributed by atoms with Gasteiger partial charge in [0.15, 0.2) is 0 Å². The lowest BCUT2D eigenvalue weighted by Crippen LogP contribution is -2.31. The van der Waals surface area contributed by atoms with Crippen LogP contribution in [0.2, 0.25) is 0 Å². The lowest BCUT2D eigenvalue weighted by molar-refractivity contribution is -0.137. The lowest BCUT2D eigenvalue weighted by Gasteiger charge is -2.17. The Bertz CT molecular complexity index is 798. The van der Waals surface area contributed by atoms with Crippen LogP contribution >= 0.6 is 0 Å². The van der Waals surface area contributed by atoms with Crippen molar-refractivity contribution in [2.45, 2.75) is 6.92 Å². The molecule has 0 radical (unpaired) electrons. The first kappa shape index (κ1) is 16.8. The molecule has 0 atom stereocenters. The number of benzene rings is 2. The van der Waals surface area contributed by atoms with Crippen LogP contribution in [0.5, 0.6) is 5.75 Å². The van der Waals surface area contributed by atoms with E-state index in [-0.39, 0.29) is 12.5 Å². The van der Waals surface area contributed by atoms with Crippen LogP contribution in [0.1, 0.15) is 12.5 Å². The molecule has 0 saturated carbocycles. The number of rotatable bonds is 6. The first-order valence-corrected chi connectivity index (χ1v) is 8.18. The first-order valence-electron chi connectivity index (χ1n) is 8.18. The molecule has 0 N–H and O–H groups in total. The van der Waals surface area contributed by atoms with Crippen molar-refractivity contribution in [2.75, 3.05) is 24.7 Å². The summed E-state index contributed by atoms with van der Waals surface area (Å²) in [6, 6.07) is 16.8. The topological polar surface area (TPSA) is 55.8 Å². The first-order chi connectivity index (χ1) is 12.2. The number of hydrogen-bond acceptors (Lipinski definition) is 4. The van der Waals surface area contributed by atoms with E-state index in [4.69, 9.17) is 9.47 Å². The summed E-state index contributed by atoms with van der Waals surface area (Å²) >= 11 is 0. The van der Waals surface area contributed by atoms with Gasteiger partial charge in [0.2, 0.25) is 0 Å². The molecule has 0 aromatic heterocycles. The van der Waals surface area contributed by atoms with Crippen molar-refractivity contribution in [3.63, 3.8) is 0 Å². The Labute approximate surface area is 146 Å². The number of nitrogens with zero attached hydrogens (tertiary/aromatic N) is 1. The normalized spacial score (nSPS) is 14.5. The number of fused-ring (bicyclic) bond motifs is 1. The van der Waals surface area contributed by atoms with Gasteiger partial charge < -0.3 is 14.4 Å². The number of para-hydroxylation sites is 2. The van der Waals surface area contributed by atoms with Crippen molar-refractivity contribution >= 4 is 23.1 Å². The standard InChI is InChI=1S/C20H19NO4/c1-2-24-19(22)14-17-16-10-6-7-11-18(16)21(20(17)23)12-13-25-15-8-4-3-5-9-15/h3-11,14H,2,12-13H2,1H3. The highest BCUT2D eigenvalue weighted by molar-refractivity contribution is 6.34. The quantitative estimate of drug-likeness (QED) is 0.600. The number of hydrogen-bond donors (Lipinski definition) is 0. The maximum absolute atomic E-state index is 12.7. The fourth-order valence-corrected chi connectivity index (χ4v) is 2.74. The minimum absolute atomic E-state index is 0.217. The zero-order valence-corrected chi connectivity index (χ0v) is 14.0. The van der Waals surface area contributed by atoms with Gasteiger partial charge in [-0.15, -0.1) is 0 Å². The molecule has 128 valence electrons. The Morgan fingerprint density at radius 3 is 2.56 bits per heavy atom. The summed E-state index contributed by atoms with van der Waals surface area (Å²) in [6.07, 6.45) is 1.27. The molecule has 0 spiro atoms. The molecule has 1 amide bonds. The Balaban J connectivity index is 1.76. The summed E-state index contributed by atoms with van der Waals surface area (Å²) in [5.41, 5.74) is 1.87. The highest BCUT2D eigenvalue weighted by Gasteiger charge is 2.32. The summed E-state index contributed by atoms with van der Waals surface area (Å²) in [4.78, 5) is 26.1. The van der Waals surface area contributed by atoms with Gasteiger partial charge >= 0.3 is 5.97 Å². The average Bonchev–Trinajstić information content (AvgIpc) is 2.89. The van der Waals surface area contributed by atoms with Crippen molar-refractivity contribution in [1.29, 1.82) is 0 Å². The van der Waals surface area contributed by atoms with Crippen molar-refractivity contribution in [3.05, 3.63) is 66.2 Å². The highest BCUT2D eigenvalue weighted by Crippen LogP contribution is 2.36. The van der Waals surface area contributed by atoms with E-state index in [0.29, 0.717) is 18.7 Å². The molecule has 2 aromatic carbocycles. The smallest absolute Gasteiger partial charge is 0.331 e. The van der Waals surface area contributed by atoms with Gasteiger partial charge in [-0.1, -0.05) is 36.4 Å². The molecule has 0 aliphatic carbocycles. The fourth-order valence-electron chi connectivity index (χ4n) is 2.74. The molecule has 1 aliphatic rings. The number of ether oxygens (including phenoxy) is 2. The van der Waals surface area contributed by atoms with E-state index >= 15 is 0 Å². The summed E-state index contributed by atoms with van der Waals surface area (Å²) in [5, 5.41) is 0. The van der Waals surface area contributed by atoms with E-state index < -0.39 is 5.97 Å². The average molecular weight is 337 g/mol. The van der Waals surface area contributed by atoms with Gasteiger partial charge in [-0.2, -0.15) is 0 Å². The molecular weight excluding hydrogens is 318 g/mol. The van der Waals surface area contributed by atoms with Crippen LogP contribution in [-0.2, 0) is 14.3 Å². The van der Waals surface area contributed by atoms with Gasteiger partial charge in [0, 0.05) is 11.6 Å². The summed E-state index contributed by atoms with van der Waals surface area (Å²) in [6.45, 7) is 2.75. The van der Waals surface area contributed by atoms with Crippen LogP contribution in [0, 0.1) is 0 Å². The Hall–Kier alpha value is -3.08. The zero-order valence-electron chi connectivity index (χ0n) is 14.0. The number of amides is 1. The summed E-state index contributed by atoms with van der Waals surface area (Å²) < 4.78 is 10.6. The van der Waals surface area contributed by atoms with E-state index in [0.717, 1.165) is 17.0 Å². The minimum atomic E-state index is -0.511. The Kier molecular flexibility index (Phi) is 5.14. The van der Waals surface area contributed by atoms with E-state index in [1.165, 1.54) is 6.08 Å². The molecule has 0 fully saturated rings. The van der Waals surface area contributed by atoms with Gasteiger partial charge in [0.05, 0.1) is 24.4 Å². The molecule has 5 heteroatoms. The van der Waals surface area contributed by atoms with Crippen LogP contribution < -0.4 is 9.64 Å². The van der Waals surface area contributed by atoms with Gasteiger partial charge in [0.25, 0.3) is 5.91 Å².